The van der Waals surface area contributed by atoms with E-state index in [2.05, 4.69) is 36.1 Å². The third-order valence-electron chi connectivity index (χ3n) is 4.18. The summed E-state index contributed by atoms with van der Waals surface area (Å²) in [5.74, 6) is -1.23. The lowest BCUT2D eigenvalue weighted by Gasteiger charge is -2.11. The SMILES string of the molecule is CNc1nc(N/N=C\c2cc([N+](=O)[O-])cc([N+](=O)[O-])c2O)nc(Nc2cccc(C(F)(F)F)c2)n1.Cl. The van der Waals surface area contributed by atoms with Crippen molar-refractivity contribution in [2.24, 2.45) is 5.10 Å². The normalized spacial score (nSPS) is 11.0. The van der Waals surface area contributed by atoms with E-state index in [4.69, 9.17) is 0 Å². The Balaban J connectivity index is 0.00000456. The Morgan fingerprint density at radius 3 is 2.31 bits per heavy atom. The molecule has 0 fully saturated rings. The molecule has 1 heterocycles. The number of aromatic nitrogens is 3. The molecule has 3 aromatic rings. The van der Waals surface area contributed by atoms with E-state index in [9.17, 15) is 38.5 Å². The number of nitro groups is 2. The zero-order chi connectivity index (χ0) is 25.8. The summed E-state index contributed by atoms with van der Waals surface area (Å²) in [6.45, 7) is 0. The van der Waals surface area contributed by atoms with Crippen molar-refractivity contribution < 1.29 is 28.1 Å². The van der Waals surface area contributed by atoms with E-state index in [1.807, 2.05) is 0 Å². The maximum atomic E-state index is 12.9. The number of nitrogens with one attached hydrogen (secondary N) is 3. The number of halogens is 4. The molecule has 36 heavy (non-hydrogen) atoms. The van der Waals surface area contributed by atoms with Crippen LogP contribution in [0.2, 0.25) is 0 Å². The molecule has 0 amide bonds. The highest BCUT2D eigenvalue weighted by molar-refractivity contribution is 5.87. The zero-order valence-electron chi connectivity index (χ0n) is 17.8. The first-order chi connectivity index (χ1) is 16.5. The number of alkyl halides is 3. The van der Waals surface area contributed by atoms with Gasteiger partial charge in [-0.1, -0.05) is 6.07 Å². The summed E-state index contributed by atoms with van der Waals surface area (Å²) in [6, 6.07) is 5.76. The highest BCUT2D eigenvalue weighted by atomic mass is 35.5. The Hall–Kier alpha value is -4.80. The van der Waals surface area contributed by atoms with E-state index in [0.29, 0.717) is 6.07 Å². The summed E-state index contributed by atoms with van der Waals surface area (Å²) in [5.41, 5.74) is -0.394. The molecular weight excluding hydrogens is 515 g/mol. The average Bonchev–Trinajstić information content (AvgIpc) is 2.79. The lowest BCUT2D eigenvalue weighted by Crippen LogP contribution is -2.08. The van der Waals surface area contributed by atoms with E-state index in [1.165, 1.54) is 19.2 Å². The number of nitrogens with zero attached hydrogens (tertiary/aromatic N) is 6. The van der Waals surface area contributed by atoms with Crippen molar-refractivity contribution in [2.75, 3.05) is 23.1 Å². The molecule has 0 aliphatic heterocycles. The van der Waals surface area contributed by atoms with Crippen LogP contribution in [0.1, 0.15) is 11.1 Å². The summed E-state index contributed by atoms with van der Waals surface area (Å²) >= 11 is 0. The fraction of sp³-hybridized carbons (Fsp3) is 0.111. The molecule has 0 unspecified atom stereocenters. The van der Waals surface area contributed by atoms with E-state index < -0.39 is 38.7 Å². The third kappa shape index (κ3) is 6.63. The van der Waals surface area contributed by atoms with Gasteiger partial charge in [0.1, 0.15) is 0 Å². The number of nitro benzene ring substituents is 2. The Morgan fingerprint density at radius 1 is 1.03 bits per heavy atom. The van der Waals surface area contributed by atoms with Crippen molar-refractivity contribution in [1.29, 1.82) is 0 Å². The van der Waals surface area contributed by atoms with Crippen LogP contribution >= 0.6 is 12.4 Å². The molecule has 0 radical (unpaired) electrons. The third-order valence-corrected chi connectivity index (χ3v) is 4.18. The largest absolute Gasteiger partial charge is 0.502 e. The van der Waals surface area contributed by atoms with Crippen LogP contribution in [0.25, 0.3) is 0 Å². The molecule has 2 aromatic carbocycles. The van der Waals surface area contributed by atoms with Gasteiger partial charge in [-0.05, 0) is 18.2 Å². The van der Waals surface area contributed by atoms with Gasteiger partial charge in [0.25, 0.3) is 5.69 Å². The van der Waals surface area contributed by atoms with Gasteiger partial charge < -0.3 is 15.7 Å². The van der Waals surface area contributed by atoms with E-state index in [-0.39, 0.29) is 41.5 Å². The van der Waals surface area contributed by atoms with Crippen LogP contribution < -0.4 is 16.1 Å². The molecule has 18 heteroatoms. The average molecular weight is 530 g/mol. The first-order valence-electron chi connectivity index (χ1n) is 9.31. The second kappa shape index (κ2) is 11.1. The molecular formula is C18H15ClF3N9O5. The predicted octanol–water partition coefficient (Wildman–Crippen LogP) is 4.07. The highest BCUT2D eigenvalue weighted by Gasteiger charge is 2.30. The molecule has 190 valence electrons. The van der Waals surface area contributed by atoms with Gasteiger partial charge in [0, 0.05) is 18.8 Å². The topological polar surface area (TPSA) is 194 Å². The number of aromatic hydroxyl groups is 1. The van der Waals surface area contributed by atoms with Crippen molar-refractivity contribution in [2.45, 2.75) is 6.18 Å². The summed E-state index contributed by atoms with van der Waals surface area (Å²) < 4.78 is 38.8. The molecule has 0 spiro atoms. The standard InChI is InChI=1S/C18H14F3N9O5.ClH/c1-22-15-25-16(24-11-4-2-3-10(6-11)18(19,20)21)27-17(26-15)28-23-8-9-5-12(29(32)33)7-13(14(9)31)30(34)35;/h2-8,31H,1H3,(H3,22,24,25,26,27,28);1H/b23-8-;. The Morgan fingerprint density at radius 2 is 1.69 bits per heavy atom. The van der Waals surface area contributed by atoms with E-state index in [0.717, 1.165) is 24.4 Å². The van der Waals surface area contributed by atoms with Gasteiger partial charge in [0.05, 0.1) is 33.3 Å². The number of hydrazone groups is 1. The lowest BCUT2D eigenvalue weighted by molar-refractivity contribution is -0.394. The molecule has 0 aliphatic carbocycles. The first kappa shape index (κ1) is 27.4. The second-order valence-electron chi connectivity index (χ2n) is 6.55. The number of hydrogen-bond donors (Lipinski definition) is 4. The van der Waals surface area contributed by atoms with Gasteiger partial charge in [-0.3, -0.25) is 20.2 Å². The molecule has 0 saturated heterocycles. The molecule has 0 aliphatic rings. The van der Waals surface area contributed by atoms with Crippen molar-refractivity contribution in [3.05, 3.63) is 67.8 Å². The molecule has 0 saturated carbocycles. The Labute approximate surface area is 205 Å². The van der Waals surface area contributed by atoms with Gasteiger partial charge in [0.15, 0.2) is 0 Å². The van der Waals surface area contributed by atoms with Crippen LogP contribution in [-0.4, -0.2) is 43.2 Å². The number of phenolic OH excluding ortho intramolecular Hbond substituents is 1. The predicted molar refractivity (Wildman–Crippen MR) is 124 cm³/mol. The Kier molecular flexibility index (Phi) is 8.45. The second-order valence-corrected chi connectivity index (χ2v) is 6.55. The summed E-state index contributed by atoms with van der Waals surface area (Å²) in [6.07, 6.45) is -3.69. The van der Waals surface area contributed by atoms with Gasteiger partial charge in [0.2, 0.25) is 23.6 Å². The molecule has 4 N–H and O–H groups in total. The Bertz CT molecular complexity index is 1320. The minimum atomic E-state index is -4.55. The van der Waals surface area contributed by atoms with E-state index in [1.54, 1.807) is 0 Å². The molecule has 1 aromatic heterocycles. The minimum absolute atomic E-state index is 0. The smallest absolute Gasteiger partial charge is 0.416 e. The first-order valence-corrected chi connectivity index (χ1v) is 9.31. The van der Waals surface area contributed by atoms with Crippen molar-refractivity contribution in [1.82, 2.24) is 15.0 Å². The number of anilines is 4. The van der Waals surface area contributed by atoms with E-state index >= 15 is 0 Å². The lowest BCUT2D eigenvalue weighted by atomic mass is 10.1. The number of benzene rings is 2. The van der Waals surface area contributed by atoms with Gasteiger partial charge in [-0.25, -0.2) is 5.43 Å². The van der Waals surface area contributed by atoms with Crippen LogP contribution in [-0.2, 0) is 6.18 Å². The van der Waals surface area contributed by atoms with Gasteiger partial charge in [-0.2, -0.15) is 33.2 Å². The highest BCUT2D eigenvalue weighted by Crippen LogP contribution is 2.33. The van der Waals surface area contributed by atoms with Crippen LogP contribution in [0, 0.1) is 20.2 Å². The fourth-order valence-electron chi connectivity index (χ4n) is 2.62. The van der Waals surface area contributed by atoms with Crippen LogP contribution in [0.3, 0.4) is 0 Å². The maximum Gasteiger partial charge on any atom is 0.416 e. The maximum absolute atomic E-state index is 12.9. The van der Waals surface area contributed by atoms with Gasteiger partial charge >= 0.3 is 11.9 Å². The molecule has 14 nitrogen and oxygen atoms in total. The summed E-state index contributed by atoms with van der Waals surface area (Å²) in [7, 11) is 1.47. The fourth-order valence-corrected chi connectivity index (χ4v) is 2.62. The number of phenols is 1. The van der Waals surface area contributed by atoms with Crippen molar-refractivity contribution in [3.63, 3.8) is 0 Å². The van der Waals surface area contributed by atoms with Crippen LogP contribution in [0.15, 0.2) is 41.5 Å². The number of rotatable bonds is 8. The van der Waals surface area contributed by atoms with Crippen molar-refractivity contribution in [3.8, 4) is 5.75 Å². The quantitative estimate of drug-likeness (QED) is 0.186. The van der Waals surface area contributed by atoms with Crippen LogP contribution in [0.4, 0.5) is 48.1 Å². The van der Waals surface area contributed by atoms with Crippen molar-refractivity contribution >= 4 is 53.5 Å². The molecule has 0 bridgehead atoms. The zero-order valence-corrected chi connectivity index (χ0v) is 18.7. The molecule has 0 atom stereocenters. The monoisotopic (exact) mass is 529 g/mol. The van der Waals surface area contributed by atoms with Gasteiger partial charge in [-0.15, -0.1) is 12.4 Å². The number of non-ortho nitro benzene ring substituents is 1. The summed E-state index contributed by atoms with van der Waals surface area (Å²) in [5, 5.41) is 41.0. The van der Waals surface area contributed by atoms with Crippen LogP contribution in [0.5, 0.6) is 5.75 Å². The summed E-state index contributed by atoms with van der Waals surface area (Å²) in [4.78, 5) is 32.0. The molecule has 3 rings (SSSR count). The minimum Gasteiger partial charge on any atom is -0.502 e. The number of hydrogen-bond acceptors (Lipinski definition) is 12.